The highest BCUT2D eigenvalue weighted by Gasteiger charge is 2.25. The normalized spacial score (nSPS) is 12.4. The number of benzene rings is 5. The van der Waals surface area contributed by atoms with Gasteiger partial charge in [-0.3, -0.25) is 0 Å². The summed E-state index contributed by atoms with van der Waals surface area (Å²) in [6.45, 7) is 27.1. The van der Waals surface area contributed by atoms with Gasteiger partial charge in [0.25, 0.3) is 0 Å². The average Bonchev–Trinajstić information content (AvgIpc) is 3.01. The second kappa shape index (κ2) is 14.3. The number of fused-ring (bicyclic) bond motifs is 2. The summed E-state index contributed by atoms with van der Waals surface area (Å²) in [5.74, 6) is 2.56. The maximum atomic E-state index is 10.2. The molecule has 0 fully saturated rings. The Labute approximate surface area is 290 Å². The van der Waals surface area contributed by atoms with Crippen molar-refractivity contribution < 1.29 is 14.3 Å². The predicted molar refractivity (Wildman–Crippen MR) is 209 cm³/mol. The molecule has 0 radical (unpaired) electrons. The van der Waals surface area contributed by atoms with E-state index in [2.05, 4.69) is 138 Å². The van der Waals surface area contributed by atoms with Crippen molar-refractivity contribution in [3.05, 3.63) is 100 Å². The zero-order valence-corrected chi connectivity index (χ0v) is 32.0. The zero-order chi connectivity index (χ0) is 35.2. The second-order valence-electron chi connectivity index (χ2n) is 15.5. The highest BCUT2D eigenvalue weighted by Crippen LogP contribution is 2.49. The Morgan fingerprint density at radius 1 is 0.458 bits per heavy atom. The van der Waals surface area contributed by atoms with Crippen LogP contribution in [0.1, 0.15) is 152 Å². The van der Waals surface area contributed by atoms with Crippen LogP contribution in [0, 0.1) is 0 Å². The van der Waals surface area contributed by atoms with E-state index < -0.39 is 8.60 Å². The number of rotatable bonds is 10. The Kier molecular flexibility index (Phi) is 10.8. The van der Waals surface area contributed by atoms with Gasteiger partial charge < -0.3 is 14.3 Å². The summed E-state index contributed by atoms with van der Waals surface area (Å²) >= 11 is 0. The van der Waals surface area contributed by atoms with E-state index in [1.54, 1.807) is 0 Å². The lowest BCUT2D eigenvalue weighted by atomic mass is 9.80. The van der Waals surface area contributed by atoms with Crippen LogP contribution in [0.15, 0.2) is 66.7 Å². The van der Waals surface area contributed by atoms with Crippen LogP contribution in [0.3, 0.4) is 0 Å². The van der Waals surface area contributed by atoms with Crippen molar-refractivity contribution in [2.24, 2.45) is 0 Å². The number of hydrogen-bond acceptors (Lipinski definition) is 3. The quantitative estimate of drug-likeness (QED) is 0.146. The van der Waals surface area contributed by atoms with Crippen LogP contribution in [0.25, 0.3) is 43.8 Å². The first-order chi connectivity index (χ1) is 22.6. The minimum atomic E-state index is -2.62. The molecule has 0 aliphatic rings. The van der Waals surface area contributed by atoms with Crippen LogP contribution in [0.5, 0.6) is 5.75 Å². The molecule has 0 aliphatic heterocycles. The predicted octanol–water partition coefficient (Wildman–Crippen LogP) is 13.7. The van der Waals surface area contributed by atoms with Crippen molar-refractivity contribution in [2.45, 2.75) is 119 Å². The van der Waals surface area contributed by atoms with Gasteiger partial charge in [0, 0.05) is 5.56 Å². The van der Waals surface area contributed by atoms with Gasteiger partial charge in [0.2, 0.25) is 0 Å². The van der Waals surface area contributed by atoms with E-state index in [4.69, 9.17) is 4.52 Å². The summed E-state index contributed by atoms with van der Waals surface area (Å²) in [6, 6.07) is 25.0. The third-order valence-corrected chi connectivity index (χ3v) is 10.3. The van der Waals surface area contributed by atoms with E-state index in [1.807, 2.05) is 12.1 Å². The molecule has 0 spiro atoms. The van der Waals surface area contributed by atoms with Gasteiger partial charge in [0.1, 0.15) is 5.75 Å². The summed E-state index contributed by atoms with van der Waals surface area (Å²) < 4.78 is 5.90. The SMILES string of the molecule is CC(C)c1cc(C(C)C)c2cc(-c3cccc(OP(O)O)c3-c3cc4c(C(C)C)cc(C(C)C)cc4cc3C(C)C)c(C(C)C)cc2c1. The molecule has 0 atom stereocenters. The Morgan fingerprint density at radius 3 is 1.31 bits per heavy atom. The molecule has 5 rings (SSSR count). The fourth-order valence-electron chi connectivity index (χ4n) is 7.19. The van der Waals surface area contributed by atoms with E-state index in [0.717, 1.165) is 22.3 Å². The van der Waals surface area contributed by atoms with E-state index in [-0.39, 0.29) is 11.8 Å². The molecule has 5 aromatic carbocycles. The fraction of sp³-hybridized carbons (Fsp3) is 0.409. The van der Waals surface area contributed by atoms with Crippen molar-refractivity contribution in [1.29, 1.82) is 0 Å². The van der Waals surface area contributed by atoms with Crippen LogP contribution < -0.4 is 4.52 Å². The van der Waals surface area contributed by atoms with Gasteiger partial charge >= 0.3 is 8.60 Å². The molecule has 48 heavy (non-hydrogen) atoms. The van der Waals surface area contributed by atoms with Gasteiger partial charge in [-0.2, -0.15) is 0 Å². The highest BCUT2D eigenvalue weighted by molar-refractivity contribution is 7.39. The average molecular weight is 663 g/mol. The maximum absolute atomic E-state index is 10.2. The lowest BCUT2D eigenvalue weighted by molar-refractivity contribution is 0.375. The van der Waals surface area contributed by atoms with E-state index in [1.165, 1.54) is 54.9 Å². The molecule has 5 aromatic rings. The highest BCUT2D eigenvalue weighted by atomic mass is 31.2. The summed E-state index contributed by atoms with van der Waals surface area (Å²) in [4.78, 5) is 20.5. The smallest absolute Gasteiger partial charge is 0.391 e. The molecule has 0 aromatic heterocycles. The number of hydrogen-bond donors (Lipinski definition) is 2. The molecule has 0 heterocycles. The zero-order valence-electron chi connectivity index (χ0n) is 31.1. The molecule has 254 valence electrons. The maximum Gasteiger partial charge on any atom is 0.391 e. The Bertz CT molecular complexity index is 1950. The Hall–Kier alpha value is -3.23. The summed E-state index contributed by atoms with van der Waals surface area (Å²) in [5.41, 5.74) is 12.1. The van der Waals surface area contributed by atoms with Crippen LogP contribution >= 0.6 is 8.60 Å². The second-order valence-corrected chi connectivity index (χ2v) is 16.2. The molecule has 0 amide bonds. The molecule has 0 saturated heterocycles. The van der Waals surface area contributed by atoms with E-state index >= 15 is 0 Å². The summed E-state index contributed by atoms with van der Waals surface area (Å²) in [6.07, 6.45) is 0. The molecule has 0 aliphatic carbocycles. The standard InChI is InChI=1S/C44H55O3P/c1-24(2)30-16-32-20-37(28(9)10)41(22-39(32)35(18-30)26(5)6)34-14-13-15-43(47-48(45)46)44(34)42-23-40-33(21-38(42)29(11)12)17-31(25(3)4)19-36(40)27(7)8/h13-29,45-46H,1-12H3. The van der Waals surface area contributed by atoms with Crippen LogP contribution in [-0.2, 0) is 0 Å². The van der Waals surface area contributed by atoms with E-state index in [9.17, 15) is 9.79 Å². The largest absolute Gasteiger partial charge is 0.426 e. The third-order valence-electron chi connectivity index (χ3n) is 9.94. The monoisotopic (exact) mass is 662 g/mol. The topological polar surface area (TPSA) is 49.7 Å². The van der Waals surface area contributed by atoms with Crippen LogP contribution in [0.4, 0.5) is 0 Å². The van der Waals surface area contributed by atoms with Crippen molar-refractivity contribution in [2.75, 3.05) is 0 Å². The first-order valence-electron chi connectivity index (χ1n) is 17.8. The van der Waals surface area contributed by atoms with Crippen molar-refractivity contribution in [1.82, 2.24) is 0 Å². The van der Waals surface area contributed by atoms with Gasteiger partial charge in [-0.25, -0.2) is 0 Å². The first kappa shape index (κ1) is 36.1. The fourth-order valence-corrected chi connectivity index (χ4v) is 7.52. The molecule has 0 unspecified atom stereocenters. The lowest BCUT2D eigenvalue weighted by Crippen LogP contribution is -2.02. The summed E-state index contributed by atoms with van der Waals surface area (Å²) in [5, 5.41) is 5.02. The van der Waals surface area contributed by atoms with Gasteiger partial charge in [-0.15, -0.1) is 0 Å². The molecular formula is C44H55O3P. The van der Waals surface area contributed by atoms with Crippen LogP contribution in [0.2, 0.25) is 0 Å². The van der Waals surface area contributed by atoms with E-state index in [0.29, 0.717) is 29.4 Å². The van der Waals surface area contributed by atoms with Crippen molar-refractivity contribution in [3.8, 4) is 28.0 Å². The van der Waals surface area contributed by atoms with Gasteiger partial charge in [-0.05, 0) is 125 Å². The molecule has 0 saturated carbocycles. The Balaban J connectivity index is 1.94. The molecular weight excluding hydrogens is 607 g/mol. The molecule has 2 N–H and O–H groups in total. The minimum Gasteiger partial charge on any atom is -0.426 e. The molecule has 0 bridgehead atoms. The summed E-state index contributed by atoms with van der Waals surface area (Å²) in [7, 11) is -2.62. The third kappa shape index (κ3) is 7.07. The van der Waals surface area contributed by atoms with Gasteiger partial charge in [-0.1, -0.05) is 132 Å². The molecule has 3 nitrogen and oxygen atoms in total. The minimum absolute atomic E-state index is 0.225. The van der Waals surface area contributed by atoms with Crippen LogP contribution in [-0.4, -0.2) is 9.79 Å². The van der Waals surface area contributed by atoms with Crippen molar-refractivity contribution in [3.63, 3.8) is 0 Å². The Morgan fingerprint density at radius 2 is 0.896 bits per heavy atom. The lowest BCUT2D eigenvalue weighted by Gasteiger charge is -2.25. The molecule has 4 heteroatoms. The van der Waals surface area contributed by atoms with Crippen molar-refractivity contribution >= 4 is 30.1 Å². The van der Waals surface area contributed by atoms with Gasteiger partial charge in [0.15, 0.2) is 0 Å². The van der Waals surface area contributed by atoms with Gasteiger partial charge in [0.05, 0.1) is 0 Å². The first-order valence-corrected chi connectivity index (χ1v) is 19.0.